The predicted octanol–water partition coefficient (Wildman–Crippen LogP) is 4.50. The number of hydrogen-bond donors (Lipinski definition) is 2. The topological polar surface area (TPSA) is 64.3 Å². The molecule has 118 valence electrons. The minimum atomic E-state index is -0.183. The van der Waals surface area contributed by atoms with Gasteiger partial charge in [-0.1, -0.05) is 49.4 Å². The van der Waals surface area contributed by atoms with Crippen molar-refractivity contribution in [2.75, 3.05) is 24.3 Å². The van der Waals surface area contributed by atoms with Crippen LogP contribution in [-0.2, 0) is 9.53 Å². The van der Waals surface area contributed by atoms with Crippen molar-refractivity contribution in [3.63, 3.8) is 0 Å². The maximum absolute atomic E-state index is 11.8. The van der Waals surface area contributed by atoms with Gasteiger partial charge in [0.1, 0.15) is 0 Å². The van der Waals surface area contributed by atoms with E-state index in [9.17, 15) is 4.79 Å². The van der Waals surface area contributed by atoms with Crippen LogP contribution in [-0.4, -0.2) is 19.1 Å². The molecule has 0 aliphatic rings. The summed E-state index contributed by atoms with van der Waals surface area (Å²) in [5.41, 5.74) is 6.45. The highest BCUT2D eigenvalue weighted by Gasteiger charge is 2.10. The van der Waals surface area contributed by atoms with E-state index >= 15 is 0 Å². The molecular formula is C15H22Cl2N2O2. The number of nitrogen functional groups attached to an aromatic ring is 1. The minimum Gasteiger partial charge on any atom is -0.399 e. The smallest absolute Gasteiger partial charge is 0.226 e. The molecule has 0 heterocycles. The Hall–Kier alpha value is -0.970. The number of halogens is 2. The average Bonchev–Trinajstić information content (AvgIpc) is 2.42. The Morgan fingerprint density at radius 2 is 1.86 bits per heavy atom. The van der Waals surface area contributed by atoms with E-state index in [2.05, 4.69) is 12.2 Å². The van der Waals surface area contributed by atoms with Crippen LogP contribution < -0.4 is 11.1 Å². The van der Waals surface area contributed by atoms with Gasteiger partial charge in [-0.15, -0.1) is 0 Å². The molecule has 0 atom stereocenters. The highest BCUT2D eigenvalue weighted by molar-refractivity contribution is 6.40. The molecule has 3 N–H and O–H groups in total. The molecule has 0 aliphatic carbocycles. The van der Waals surface area contributed by atoms with Crippen molar-refractivity contribution >= 4 is 40.5 Å². The molecule has 0 bridgehead atoms. The van der Waals surface area contributed by atoms with Crippen molar-refractivity contribution in [1.82, 2.24) is 0 Å². The standard InChI is InChI=1S/C15H22Cl2N2O2/c1-2-3-4-5-7-21-8-6-14(20)19-15-12(16)9-11(18)10-13(15)17/h9-10H,2-8,18H2,1H3,(H,19,20). The third kappa shape index (κ3) is 7.02. The van der Waals surface area contributed by atoms with Gasteiger partial charge in [-0.25, -0.2) is 0 Å². The highest BCUT2D eigenvalue weighted by atomic mass is 35.5. The van der Waals surface area contributed by atoms with Gasteiger partial charge in [-0.3, -0.25) is 4.79 Å². The lowest BCUT2D eigenvalue weighted by atomic mass is 10.2. The second-order valence-electron chi connectivity index (χ2n) is 4.83. The summed E-state index contributed by atoms with van der Waals surface area (Å²) in [5, 5.41) is 3.33. The lowest BCUT2D eigenvalue weighted by Gasteiger charge is -2.10. The molecule has 21 heavy (non-hydrogen) atoms. The third-order valence-corrected chi connectivity index (χ3v) is 3.54. The quantitative estimate of drug-likeness (QED) is 0.516. The first-order valence-electron chi connectivity index (χ1n) is 7.16. The molecular weight excluding hydrogens is 311 g/mol. The Kier molecular flexibility index (Phi) is 8.50. The Bertz CT molecular complexity index is 444. The van der Waals surface area contributed by atoms with Crippen LogP contribution in [0.1, 0.15) is 39.0 Å². The number of anilines is 2. The summed E-state index contributed by atoms with van der Waals surface area (Å²) < 4.78 is 5.42. The molecule has 1 rings (SSSR count). The van der Waals surface area contributed by atoms with E-state index in [1.807, 2.05) is 0 Å². The number of rotatable bonds is 9. The van der Waals surface area contributed by atoms with Crippen LogP contribution in [0.4, 0.5) is 11.4 Å². The summed E-state index contributed by atoms with van der Waals surface area (Å²) in [7, 11) is 0. The molecule has 0 fully saturated rings. The van der Waals surface area contributed by atoms with E-state index in [1.165, 1.54) is 19.3 Å². The Morgan fingerprint density at radius 3 is 2.48 bits per heavy atom. The molecule has 0 aromatic heterocycles. The molecule has 0 saturated heterocycles. The van der Waals surface area contributed by atoms with Gasteiger partial charge in [0.2, 0.25) is 5.91 Å². The van der Waals surface area contributed by atoms with E-state index in [1.54, 1.807) is 12.1 Å². The van der Waals surface area contributed by atoms with Gasteiger partial charge in [-0.2, -0.15) is 0 Å². The van der Waals surface area contributed by atoms with Gasteiger partial charge in [0.15, 0.2) is 0 Å². The van der Waals surface area contributed by atoms with E-state index < -0.39 is 0 Å². The lowest BCUT2D eigenvalue weighted by Crippen LogP contribution is -2.15. The van der Waals surface area contributed by atoms with E-state index in [4.69, 9.17) is 33.7 Å². The number of unbranched alkanes of at least 4 members (excludes halogenated alkanes) is 3. The molecule has 0 radical (unpaired) electrons. The van der Waals surface area contributed by atoms with Crippen molar-refractivity contribution in [3.8, 4) is 0 Å². The van der Waals surface area contributed by atoms with Crippen molar-refractivity contribution < 1.29 is 9.53 Å². The van der Waals surface area contributed by atoms with Gasteiger partial charge >= 0.3 is 0 Å². The zero-order chi connectivity index (χ0) is 15.7. The molecule has 1 amide bonds. The number of nitrogens with one attached hydrogen (secondary N) is 1. The molecule has 4 nitrogen and oxygen atoms in total. The van der Waals surface area contributed by atoms with Crippen LogP contribution in [0.3, 0.4) is 0 Å². The molecule has 0 saturated carbocycles. The first-order valence-corrected chi connectivity index (χ1v) is 7.92. The average molecular weight is 333 g/mol. The maximum atomic E-state index is 11.8. The van der Waals surface area contributed by atoms with Crippen LogP contribution in [0.5, 0.6) is 0 Å². The van der Waals surface area contributed by atoms with Crippen molar-refractivity contribution in [2.24, 2.45) is 0 Å². The van der Waals surface area contributed by atoms with Gasteiger partial charge in [0.05, 0.1) is 28.8 Å². The largest absolute Gasteiger partial charge is 0.399 e. The maximum Gasteiger partial charge on any atom is 0.226 e. The fraction of sp³-hybridized carbons (Fsp3) is 0.533. The number of hydrogen-bond acceptors (Lipinski definition) is 3. The third-order valence-electron chi connectivity index (χ3n) is 2.94. The van der Waals surface area contributed by atoms with Crippen LogP contribution in [0, 0.1) is 0 Å². The van der Waals surface area contributed by atoms with Gasteiger partial charge in [-0.05, 0) is 18.6 Å². The fourth-order valence-electron chi connectivity index (χ4n) is 1.81. The summed E-state index contributed by atoms with van der Waals surface area (Å²) in [6, 6.07) is 3.10. The Morgan fingerprint density at radius 1 is 1.19 bits per heavy atom. The summed E-state index contributed by atoms with van der Waals surface area (Å²) in [5.74, 6) is -0.183. The zero-order valence-electron chi connectivity index (χ0n) is 12.3. The first kappa shape index (κ1) is 18.1. The number of ether oxygens (including phenoxy) is 1. The number of amides is 1. The van der Waals surface area contributed by atoms with E-state index in [0.717, 1.165) is 6.42 Å². The van der Waals surface area contributed by atoms with Gasteiger partial charge in [0, 0.05) is 12.3 Å². The van der Waals surface area contributed by atoms with Crippen LogP contribution in [0.25, 0.3) is 0 Å². The number of carbonyl (C=O) groups excluding carboxylic acids is 1. The monoisotopic (exact) mass is 332 g/mol. The summed E-state index contributed by atoms with van der Waals surface area (Å²) in [6.45, 7) is 3.25. The normalized spacial score (nSPS) is 10.6. The predicted molar refractivity (Wildman–Crippen MR) is 89.1 cm³/mol. The molecule has 0 aliphatic heterocycles. The van der Waals surface area contributed by atoms with Crippen LogP contribution in [0.15, 0.2) is 12.1 Å². The SMILES string of the molecule is CCCCCCOCCC(=O)Nc1c(Cl)cc(N)cc1Cl. The van der Waals surface area contributed by atoms with Crippen molar-refractivity contribution in [3.05, 3.63) is 22.2 Å². The summed E-state index contributed by atoms with van der Waals surface area (Å²) in [6.07, 6.45) is 4.89. The van der Waals surface area contributed by atoms with Crippen molar-refractivity contribution in [1.29, 1.82) is 0 Å². The van der Waals surface area contributed by atoms with Gasteiger partial charge < -0.3 is 15.8 Å². The zero-order valence-corrected chi connectivity index (χ0v) is 13.8. The van der Waals surface area contributed by atoms with E-state index in [0.29, 0.717) is 34.6 Å². The summed E-state index contributed by atoms with van der Waals surface area (Å²) in [4.78, 5) is 11.8. The second kappa shape index (κ2) is 9.87. The van der Waals surface area contributed by atoms with Crippen LogP contribution in [0.2, 0.25) is 10.0 Å². The molecule has 1 aromatic rings. The second-order valence-corrected chi connectivity index (χ2v) is 5.65. The fourth-order valence-corrected chi connectivity index (χ4v) is 2.41. The molecule has 0 unspecified atom stereocenters. The first-order chi connectivity index (χ1) is 10.0. The highest BCUT2D eigenvalue weighted by Crippen LogP contribution is 2.32. The van der Waals surface area contributed by atoms with Crippen molar-refractivity contribution in [2.45, 2.75) is 39.0 Å². The Labute approximate surface area is 135 Å². The number of carbonyl (C=O) groups is 1. The number of benzene rings is 1. The Balaban J connectivity index is 2.28. The molecule has 0 spiro atoms. The van der Waals surface area contributed by atoms with Gasteiger partial charge in [0.25, 0.3) is 0 Å². The van der Waals surface area contributed by atoms with E-state index in [-0.39, 0.29) is 12.3 Å². The molecule has 6 heteroatoms. The summed E-state index contributed by atoms with van der Waals surface area (Å²) >= 11 is 12.0. The van der Waals surface area contributed by atoms with Crippen LogP contribution >= 0.6 is 23.2 Å². The molecule has 1 aromatic carbocycles. The number of nitrogens with two attached hydrogens (primary N) is 1. The minimum absolute atomic E-state index is 0.183. The lowest BCUT2D eigenvalue weighted by molar-refractivity contribution is -0.117.